The van der Waals surface area contributed by atoms with Gasteiger partial charge in [0.2, 0.25) is 0 Å². The van der Waals surface area contributed by atoms with Crippen LogP contribution in [0.1, 0.15) is 21.5 Å². The van der Waals surface area contributed by atoms with Crippen molar-refractivity contribution in [3.8, 4) is 17.2 Å². The van der Waals surface area contributed by atoms with E-state index in [4.69, 9.17) is 9.47 Å². The average molecular weight is 284 g/mol. The van der Waals surface area contributed by atoms with Crippen molar-refractivity contribution in [1.82, 2.24) is 0 Å². The molecule has 2 rings (SSSR count). The number of hydrogen-bond donors (Lipinski definition) is 1. The maximum atomic E-state index is 10.8. The molecule has 108 valence electrons. The fourth-order valence-electron chi connectivity index (χ4n) is 1.89. The van der Waals surface area contributed by atoms with E-state index in [-0.39, 0.29) is 11.3 Å². The van der Waals surface area contributed by atoms with Gasteiger partial charge in [-0.15, -0.1) is 0 Å². The van der Waals surface area contributed by atoms with E-state index in [0.717, 1.165) is 11.1 Å². The van der Waals surface area contributed by atoms with Gasteiger partial charge < -0.3 is 14.6 Å². The van der Waals surface area contributed by atoms with Crippen LogP contribution in [0.25, 0.3) is 12.2 Å². The molecule has 0 unspecified atom stereocenters. The second-order valence-electron chi connectivity index (χ2n) is 4.42. The topological polar surface area (TPSA) is 55.8 Å². The average Bonchev–Trinajstić information content (AvgIpc) is 2.53. The fraction of sp³-hybridized carbons (Fsp3) is 0.118. The molecular weight excluding hydrogens is 268 g/mol. The summed E-state index contributed by atoms with van der Waals surface area (Å²) in [4.78, 5) is 10.8. The van der Waals surface area contributed by atoms with Gasteiger partial charge in [-0.3, -0.25) is 4.79 Å². The number of carbonyl (C=O) groups excluding carboxylic acids is 1. The third-order valence-electron chi connectivity index (χ3n) is 3.02. The number of methoxy groups -OCH3 is 2. The molecule has 4 heteroatoms. The van der Waals surface area contributed by atoms with Crippen LogP contribution >= 0.6 is 0 Å². The predicted octanol–water partition coefficient (Wildman–Crippen LogP) is 3.39. The summed E-state index contributed by atoms with van der Waals surface area (Å²) in [5.74, 6) is 1.38. The summed E-state index contributed by atoms with van der Waals surface area (Å²) < 4.78 is 10.4. The molecule has 0 aromatic heterocycles. The zero-order chi connectivity index (χ0) is 15.2. The number of rotatable bonds is 5. The molecule has 0 aliphatic carbocycles. The van der Waals surface area contributed by atoms with Gasteiger partial charge >= 0.3 is 0 Å². The Morgan fingerprint density at radius 1 is 0.905 bits per heavy atom. The van der Waals surface area contributed by atoms with E-state index in [1.54, 1.807) is 32.4 Å². The maximum absolute atomic E-state index is 10.8. The summed E-state index contributed by atoms with van der Waals surface area (Å²) in [6.45, 7) is 0. The van der Waals surface area contributed by atoms with Crippen LogP contribution in [0.3, 0.4) is 0 Å². The molecule has 0 saturated carbocycles. The third-order valence-corrected chi connectivity index (χ3v) is 3.02. The molecule has 4 nitrogen and oxygen atoms in total. The molecule has 0 spiro atoms. The van der Waals surface area contributed by atoms with Gasteiger partial charge in [0.15, 0.2) is 6.29 Å². The number of ether oxygens (including phenoxy) is 2. The highest BCUT2D eigenvalue weighted by Gasteiger charge is 2.01. The molecule has 0 fully saturated rings. The first-order valence-electron chi connectivity index (χ1n) is 6.35. The van der Waals surface area contributed by atoms with E-state index in [1.165, 1.54) is 6.07 Å². The van der Waals surface area contributed by atoms with Gasteiger partial charge in [0.25, 0.3) is 0 Å². The van der Waals surface area contributed by atoms with Crippen molar-refractivity contribution in [3.05, 3.63) is 53.1 Å². The lowest BCUT2D eigenvalue weighted by atomic mass is 10.1. The molecular formula is C17H16O4. The Hall–Kier alpha value is -2.75. The number of aldehydes is 1. The summed E-state index contributed by atoms with van der Waals surface area (Å²) in [5, 5.41) is 9.47. The largest absolute Gasteiger partial charge is 0.507 e. The molecule has 0 saturated heterocycles. The molecule has 0 atom stereocenters. The van der Waals surface area contributed by atoms with Crippen molar-refractivity contribution in [2.45, 2.75) is 0 Å². The van der Waals surface area contributed by atoms with Crippen LogP contribution in [-0.2, 0) is 0 Å². The Morgan fingerprint density at radius 2 is 1.52 bits per heavy atom. The highest BCUT2D eigenvalue weighted by Crippen LogP contribution is 2.24. The lowest BCUT2D eigenvalue weighted by molar-refractivity contribution is 0.112. The predicted molar refractivity (Wildman–Crippen MR) is 82.0 cm³/mol. The minimum Gasteiger partial charge on any atom is -0.507 e. The Kier molecular flexibility index (Phi) is 4.61. The van der Waals surface area contributed by atoms with E-state index in [9.17, 15) is 9.90 Å². The summed E-state index contributed by atoms with van der Waals surface area (Å²) in [6.07, 6.45) is 4.36. The van der Waals surface area contributed by atoms with Crippen molar-refractivity contribution >= 4 is 18.4 Å². The SMILES string of the molecule is COc1cc(/C=C/c2ccc(O)c(C=O)c2)cc(OC)c1. The van der Waals surface area contributed by atoms with Gasteiger partial charge in [0.05, 0.1) is 19.8 Å². The third kappa shape index (κ3) is 3.63. The van der Waals surface area contributed by atoms with Crippen LogP contribution in [0.5, 0.6) is 17.2 Å². The molecule has 2 aromatic rings. The molecule has 21 heavy (non-hydrogen) atoms. The number of phenols is 1. The van der Waals surface area contributed by atoms with Gasteiger partial charge in [-0.05, 0) is 35.4 Å². The number of hydrogen-bond acceptors (Lipinski definition) is 4. The van der Waals surface area contributed by atoms with E-state index in [0.29, 0.717) is 17.8 Å². The second kappa shape index (κ2) is 6.61. The van der Waals surface area contributed by atoms with E-state index < -0.39 is 0 Å². The van der Waals surface area contributed by atoms with Crippen LogP contribution in [0.4, 0.5) is 0 Å². The van der Waals surface area contributed by atoms with Crippen molar-refractivity contribution in [3.63, 3.8) is 0 Å². The first kappa shape index (κ1) is 14.7. The Morgan fingerprint density at radius 3 is 2.10 bits per heavy atom. The quantitative estimate of drug-likeness (QED) is 0.675. The monoisotopic (exact) mass is 284 g/mol. The maximum Gasteiger partial charge on any atom is 0.153 e. The van der Waals surface area contributed by atoms with Gasteiger partial charge in [-0.1, -0.05) is 18.2 Å². The summed E-state index contributed by atoms with van der Waals surface area (Å²) in [5.41, 5.74) is 1.99. The highest BCUT2D eigenvalue weighted by atomic mass is 16.5. The first-order valence-corrected chi connectivity index (χ1v) is 6.35. The van der Waals surface area contributed by atoms with Gasteiger partial charge in [0.1, 0.15) is 17.2 Å². The van der Waals surface area contributed by atoms with Crippen LogP contribution in [0, 0.1) is 0 Å². The lowest BCUT2D eigenvalue weighted by Gasteiger charge is -2.06. The Labute approximate surface area is 123 Å². The first-order chi connectivity index (χ1) is 10.2. The van der Waals surface area contributed by atoms with Gasteiger partial charge in [0, 0.05) is 6.07 Å². The van der Waals surface area contributed by atoms with Crippen LogP contribution in [0.2, 0.25) is 0 Å². The summed E-state index contributed by atoms with van der Waals surface area (Å²) >= 11 is 0. The fourth-order valence-corrected chi connectivity index (χ4v) is 1.89. The minimum absolute atomic E-state index is 0.0230. The molecule has 0 heterocycles. The molecule has 2 aromatic carbocycles. The Bertz CT molecular complexity index is 652. The van der Waals surface area contributed by atoms with Crippen molar-refractivity contribution in [2.75, 3.05) is 14.2 Å². The van der Waals surface area contributed by atoms with E-state index in [1.807, 2.05) is 24.3 Å². The van der Waals surface area contributed by atoms with Crippen LogP contribution in [0.15, 0.2) is 36.4 Å². The number of aromatic hydroxyl groups is 1. The van der Waals surface area contributed by atoms with Crippen molar-refractivity contribution in [2.24, 2.45) is 0 Å². The van der Waals surface area contributed by atoms with Crippen molar-refractivity contribution < 1.29 is 19.4 Å². The van der Waals surface area contributed by atoms with Crippen molar-refractivity contribution in [1.29, 1.82) is 0 Å². The van der Waals surface area contributed by atoms with E-state index >= 15 is 0 Å². The van der Waals surface area contributed by atoms with Gasteiger partial charge in [-0.2, -0.15) is 0 Å². The Balaban J connectivity index is 2.30. The molecule has 0 bridgehead atoms. The van der Waals surface area contributed by atoms with Crippen LogP contribution in [-0.4, -0.2) is 25.6 Å². The van der Waals surface area contributed by atoms with E-state index in [2.05, 4.69) is 0 Å². The standard InChI is InChI=1S/C17H16O4/c1-20-15-8-13(9-16(10-15)21-2)4-3-12-5-6-17(19)14(7-12)11-18/h3-11,19H,1-2H3/b4-3+. The minimum atomic E-state index is -0.0230. The molecule has 0 aliphatic rings. The summed E-state index contributed by atoms with van der Waals surface area (Å²) in [6, 6.07) is 10.4. The van der Waals surface area contributed by atoms with Crippen LogP contribution < -0.4 is 9.47 Å². The number of phenolic OH excluding ortho intramolecular Hbond substituents is 1. The summed E-state index contributed by atoms with van der Waals surface area (Å²) in [7, 11) is 3.19. The molecule has 0 radical (unpaired) electrons. The highest BCUT2D eigenvalue weighted by molar-refractivity contribution is 5.82. The molecule has 0 aliphatic heterocycles. The molecule has 0 amide bonds. The smallest absolute Gasteiger partial charge is 0.153 e. The normalized spacial score (nSPS) is 10.6. The van der Waals surface area contributed by atoms with Gasteiger partial charge in [-0.25, -0.2) is 0 Å². The number of benzene rings is 2. The molecule has 1 N–H and O–H groups in total. The second-order valence-corrected chi connectivity index (χ2v) is 4.42. The zero-order valence-corrected chi connectivity index (χ0v) is 11.9. The number of carbonyl (C=O) groups is 1. The lowest BCUT2D eigenvalue weighted by Crippen LogP contribution is -1.88. The zero-order valence-electron chi connectivity index (χ0n) is 11.9.